The highest BCUT2D eigenvalue weighted by Crippen LogP contribution is 2.16. The highest BCUT2D eigenvalue weighted by Gasteiger charge is 2.12. The van der Waals surface area contributed by atoms with Crippen LogP contribution in [0.4, 0.5) is 0 Å². The molecule has 1 aromatic rings. The van der Waals surface area contributed by atoms with Crippen molar-refractivity contribution in [3.63, 3.8) is 0 Å². The van der Waals surface area contributed by atoms with Crippen molar-refractivity contribution in [3.05, 3.63) is 35.4 Å². The van der Waals surface area contributed by atoms with E-state index in [9.17, 15) is 0 Å². The number of nitriles is 1. The van der Waals surface area contributed by atoms with Gasteiger partial charge in [0.1, 0.15) is 0 Å². The van der Waals surface area contributed by atoms with Crippen LogP contribution in [-0.2, 0) is 5.54 Å². The Hall–Kier alpha value is -1.33. The smallest absolute Gasteiger partial charge is 0.0991 e. The third-order valence-electron chi connectivity index (χ3n) is 1.76. The summed E-state index contributed by atoms with van der Waals surface area (Å²) < 4.78 is 0. The van der Waals surface area contributed by atoms with Gasteiger partial charge in [-0.05, 0) is 31.5 Å². The van der Waals surface area contributed by atoms with E-state index < -0.39 is 0 Å². The molecule has 1 aromatic carbocycles. The molecule has 0 spiro atoms. The van der Waals surface area contributed by atoms with E-state index in [0.717, 1.165) is 5.56 Å². The zero-order chi connectivity index (χ0) is 9.19. The van der Waals surface area contributed by atoms with E-state index >= 15 is 0 Å². The molecule has 12 heavy (non-hydrogen) atoms. The Kier molecular flexibility index (Phi) is 2.16. The zero-order valence-corrected chi connectivity index (χ0v) is 7.33. The summed E-state index contributed by atoms with van der Waals surface area (Å²) in [6.07, 6.45) is 0. The average Bonchev–Trinajstić information content (AvgIpc) is 2.03. The van der Waals surface area contributed by atoms with Crippen molar-refractivity contribution >= 4 is 0 Å². The van der Waals surface area contributed by atoms with Gasteiger partial charge in [-0.25, -0.2) is 0 Å². The van der Waals surface area contributed by atoms with Gasteiger partial charge in [0.2, 0.25) is 0 Å². The second kappa shape index (κ2) is 2.96. The molecule has 2 nitrogen and oxygen atoms in total. The molecule has 0 saturated heterocycles. The Morgan fingerprint density at radius 2 is 1.75 bits per heavy atom. The minimum Gasteiger partial charge on any atom is -0.322 e. The second-order valence-corrected chi connectivity index (χ2v) is 3.41. The predicted molar refractivity (Wildman–Crippen MR) is 48.4 cm³/mol. The molecule has 0 bridgehead atoms. The Labute approximate surface area is 72.6 Å². The number of nitrogens with two attached hydrogens (primary N) is 1. The van der Waals surface area contributed by atoms with Crippen LogP contribution in [0.25, 0.3) is 0 Å². The van der Waals surface area contributed by atoms with E-state index in [1.807, 2.05) is 26.0 Å². The Balaban J connectivity index is 3.02. The van der Waals surface area contributed by atoms with Crippen LogP contribution in [0.2, 0.25) is 0 Å². The van der Waals surface area contributed by atoms with Crippen LogP contribution in [-0.4, -0.2) is 0 Å². The molecule has 0 aliphatic rings. The van der Waals surface area contributed by atoms with Gasteiger partial charge < -0.3 is 5.73 Å². The van der Waals surface area contributed by atoms with Gasteiger partial charge in [-0.3, -0.25) is 0 Å². The summed E-state index contributed by atoms with van der Waals surface area (Å²) in [5, 5.41) is 8.55. The highest BCUT2D eigenvalue weighted by molar-refractivity contribution is 5.33. The standard InChI is InChI=1S/C10H12N2/c1-10(2,12)9-5-3-8(7-11)4-6-9/h3-6H,12H2,1-2H3. The Bertz CT molecular complexity index is 298. The molecular formula is C10H12N2. The molecule has 1 rings (SSSR count). The highest BCUT2D eigenvalue weighted by atomic mass is 14.7. The van der Waals surface area contributed by atoms with Crippen molar-refractivity contribution in [1.29, 1.82) is 5.26 Å². The van der Waals surface area contributed by atoms with E-state index in [1.165, 1.54) is 0 Å². The second-order valence-electron chi connectivity index (χ2n) is 3.41. The first-order chi connectivity index (χ1) is 5.54. The summed E-state index contributed by atoms with van der Waals surface area (Å²) in [6.45, 7) is 3.88. The van der Waals surface area contributed by atoms with Gasteiger partial charge in [0.15, 0.2) is 0 Å². The average molecular weight is 160 g/mol. The van der Waals surface area contributed by atoms with Crippen molar-refractivity contribution in [2.24, 2.45) is 5.73 Å². The van der Waals surface area contributed by atoms with Crippen LogP contribution in [0.3, 0.4) is 0 Å². The van der Waals surface area contributed by atoms with Gasteiger partial charge in [-0.2, -0.15) is 5.26 Å². The predicted octanol–water partition coefficient (Wildman–Crippen LogP) is 1.75. The molecule has 0 atom stereocenters. The summed E-state index contributed by atoms with van der Waals surface area (Å²) in [5.41, 5.74) is 7.25. The van der Waals surface area contributed by atoms with E-state index in [0.29, 0.717) is 5.56 Å². The van der Waals surface area contributed by atoms with Gasteiger partial charge in [-0.1, -0.05) is 12.1 Å². The lowest BCUT2D eigenvalue weighted by Gasteiger charge is -2.18. The van der Waals surface area contributed by atoms with Crippen LogP contribution in [0.1, 0.15) is 25.0 Å². The van der Waals surface area contributed by atoms with Crippen molar-refractivity contribution in [3.8, 4) is 6.07 Å². The van der Waals surface area contributed by atoms with E-state index in [2.05, 4.69) is 6.07 Å². The van der Waals surface area contributed by atoms with Crippen molar-refractivity contribution < 1.29 is 0 Å². The lowest BCUT2D eigenvalue weighted by molar-refractivity contribution is 0.554. The zero-order valence-electron chi connectivity index (χ0n) is 7.33. The molecule has 0 amide bonds. The lowest BCUT2D eigenvalue weighted by Crippen LogP contribution is -2.28. The quantitative estimate of drug-likeness (QED) is 0.680. The minimum absolute atomic E-state index is 0.325. The SMILES string of the molecule is CC(C)(N)c1ccc(C#N)cc1. The first-order valence-corrected chi connectivity index (χ1v) is 3.83. The fourth-order valence-electron chi connectivity index (χ4n) is 0.974. The summed E-state index contributed by atoms with van der Waals surface area (Å²) in [7, 11) is 0. The maximum Gasteiger partial charge on any atom is 0.0991 e. The van der Waals surface area contributed by atoms with E-state index in [4.69, 9.17) is 11.0 Å². The fraction of sp³-hybridized carbons (Fsp3) is 0.300. The molecule has 0 fully saturated rings. The van der Waals surface area contributed by atoms with Crippen LogP contribution in [0.5, 0.6) is 0 Å². The number of hydrogen-bond donors (Lipinski definition) is 1. The fourth-order valence-corrected chi connectivity index (χ4v) is 0.974. The summed E-state index contributed by atoms with van der Waals surface area (Å²) in [5.74, 6) is 0. The van der Waals surface area contributed by atoms with Gasteiger partial charge in [0, 0.05) is 5.54 Å². The van der Waals surface area contributed by atoms with Gasteiger partial charge in [0.05, 0.1) is 11.6 Å². The van der Waals surface area contributed by atoms with Gasteiger partial charge >= 0.3 is 0 Å². The van der Waals surface area contributed by atoms with Crippen molar-refractivity contribution in [2.75, 3.05) is 0 Å². The topological polar surface area (TPSA) is 49.8 Å². The third kappa shape index (κ3) is 1.84. The lowest BCUT2D eigenvalue weighted by atomic mass is 9.95. The minimum atomic E-state index is -0.325. The molecule has 0 unspecified atom stereocenters. The van der Waals surface area contributed by atoms with Gasteiger partial charge in [-0.15, -0.1) is 0 Å². The van der Waals surface area contributed by atoms with E-state index in [1.54, 1.807) is 12.1 Å². The van der Waals surface area contributed by atoms with Gasteiger partial charge in [0.25, 0.3) is 0 Å². The molecule has 2 heteroatoms. The molecule has 2 N–H and O–H groups in total. The summed E-state index contributed by atoms with van der Waals surface area (Å²) >= 11 is 0. The van der Waals surface area contributed by atoms with Crippen LogP contribution in [0, 0.1) is 11.3 Å². The first-order valence-electron chi connectivity index (χ1n) is 3.83. The van der Waals surface area contributed by atoms with Crippen LogP contribution >= 0.6 is 0 Å². The summed E-state index contributed by atoms with van der Waals surface area (Å²) in [4.78, 5) is 0. The number of rotatable bonds is 1. The molecule has 0 radical (unpaired) electrons. The van der Waals surface area contributed by atoms with E-state index in [-0.39, 0.29) is 5.54 Å². The maximum absolute atomic E-state index is 8.55. The number of nitrogens with zero attached hydrogens (tertiary/aromatic N) is 1. The third-order valence-corrected chi connectivity index (χ3v) is 1.76. The molecule has 0 aliphatic carbocycles. The molecule has 0 aliphatic heterocycles. The number of benzene rings is 1. The molecular weight excluding hydrogens is 148 g/mol. The Morgan fingerprint density at radius 3 is 2.08 bits per heavy atom. The van der Waals surface area contributed by atoms with Crippen LogP contribution < -0.4 is 5.73 Å². The van der Waals surface area contributed by atoms with Crippen molar-refractivity contribution in [1.82, 2.24) is 0 Å². The number of hydrogen-bond acceptors (Lipinski definition) is 2. The maximum atomic E-state index is 8.55. The Morgan fingerprint density at radius 1 is 1.25 bits per heavy atom. The molecule has 0 saturated carbocycles. The first kappa shape index (κ1) is 8.76. The summed E-state index contributed by atoms with van der Waals surface area (Å²) in [6, 6.07) is 9.40. The monoisotopic (exact) mass is 160 g/mol. The van der Waals surface area contributed by atoms with Crippen molar-refractivity contribution in [2.45, 2.75) is 19.4 Å². The molecule has 0 aromatic heterocycles. The molecule has 62 valence electrons. The normalized spacial score (nSPS) is 10.8. The molecule has 0 heterocycles. The largest absolute Gasteiger partial charge is 0.322 e. The van der Waals surface area contributed by atoms with Crippen LogP contribution in [0.15, 0.2) is 24.3 Å².